The second-order valence-electron chi connectivity index (χ2n) is 4.89. The van der Waals surface area contributed by atoms with E-state index in [1.807, 2.05) is 11.4 Å². The fourth-order valence-electron chi connectivity index (χ4n) is 1.44. The van der Waals surface area contributed by atoms with Gasteiger partial charge < -0.3 is 5.32 Å². The van der Waals surface area contributed by atoms with Gasteiger partial charge in [-0.2, -0.15) is 0 Å². The number of benzene rings is 1. The fraction of sp³-hybridized carbons (Fsp3) is 0.308. The van der Waals surface area contributed by atoms with Crippen molar-refractivity contribution >= 4 is 16.5 Å². The Labute approximate surface area is 105 Å². The molecule has 0 spiro atoms. The maximum Gasteiger partial charge on any atom is 0.183 e. The summed E-state index contributed by atoms with van der Waals surface area (Å²) < 4.78 is 13.6. The van der Waals surface area contributed by atoms with E-state index >= 15 is 0 Å². The van der Waals surface area contributed by atoms with Crippen LogP contribution in [0, 0.1) is 5.82 Å². The minimum Gasteiger partial charge on any atom is -0.357 e. The molecule has 2 aromatic rings. The first-order valence-electron chi connectivity index (χ1n) is 5.44. The van der Waals surface area contributed by atoms with Crippen molar-refractivity contribution in [1.82, 2.24) is 4.98 Å². The van der Waals surface area contributed by atoms with Crippen LogP contribution in [0.3, 0.4) is 0 Å². The Morgan fingerprint density at radius 2 is 1.94 bits per heavy atom. The summed E-state index contributed by atoms with van der Waals surface area (Å²) in [5, 5.41) is 5.96. The molecule has 0 aliphatic carbocycles. The van der Waals surface area contributed by atoms with E-state index in [9.17, 15) is 4.39 Å². The van der Waals surface area contributed by atoms with Crippen LogP contribution in [0.5, 0.6) is 0 Å². The van der Waals surface area contributed by atoms with Crippen LogP contribution in [-0.2, 0) is 0 Å². The standard InChI is InChI=1S/C13H15FN2S/c1-13(2,3)16-12-15-11(8-17-12)9-6-4-5-7-10(9)14/h4-8H,1-3H3,(H,15,16). The summed E-state index contributed by atoms with van der Waals surface area (Å²) in [5.41, 5.74) is 1.19. The summed E-state index contributed by atoms with van der Waals surface area (Å²) in [7, 11) is 0. The summed E-state index contributed by atoms with van der Waals surface area (Å²) in [5.74, 6) is -0.236. The normalized spacial score (nSPS) is 11.5. The number of rotatable bonds is 2. The van der Waals surface area contributed by atoms with Crippen LogP contribution in [0.4, 0.5) is 9.52 Å². The summed E-state index contributed by atoms with van der Waals surface area (Å²) >= 11 is 1.49. The number of hydrogen-bond donors (Lipinski definition) is 1. The number of hydrogen-bond acceptors (Lipinski definition) is 3. The zero-order valence-electron chi connectivity index (χ0n) is 10.1. The lowest BCUT2D eigenvalue weighted by Crippen LogP contribution is -2.25. The van der Waals surface area contributed by atoms with Crippen molar-refractivity contribution in [2.45, 2.75) is 26.3 Å². The molecule has 0 amide bonds. The molecule has 0 unspecified atom stereocenters. The van der Waals surface area contributed by atoms with E-state index in [0.29, 0.717) is 11.3 Å². The molecule has 2 nitrogen and oxygen atoms in total. The summed E-state index contributed by atoms with van der Waals surface area (Å²) in [6.45, 7) is 6.20. The lowest BCUT2D eigenvalue weighted by molar-refractivity contribution is 0.630. The van der Waals surface area contributed by atoms with Crippen molar-refractivity contribution in [2.24, 2.45) is 0 Å². The molecule has 1 aromatic carbocycles. The summed E-state index contributed by atoms with van der Waals surface area (Å²) in [4.78, 5) is 4.39. The van der Waals surface area contributed by atoms with Gasteiger partial charge in [0.2, 0.25) is 0 Å². The van der Waals surface area contributed by atoms with Gasteiger partial charge in [-0.15, -0.1) is 11.3 Å². The molecule has 1 N–H and O–H groups in total. The largest absolute Gasteiger partial charge is 0.357 e. The van der Waals surface area contributed by atoms with Gasteiger partial charge in [-0.05, 0) is 32.9 Å². The SMILES string of the molecule is CC(C)(C)Nc1nc(-c2ccccc2F)cs1. The molecule has 0 bridgehead atoms. The van der Waals surface area contributed by atoms with Gasteiger partial charge in [-0.1, -0.05) is 12.1 Å². The number of thiazole rings is 1. The topological polar surface area (TPSA) is 24.9 Å². The number of nitrogens with one attached hydrogen (secondary N) is 1. The molecule has 1 aromatic heterocycles. The van der Waals surface area contributed by atoms with Crippen molar-refractivity contribution in [3.8, 4) is 11.3 Å². The molecule has 0 saturated heterocycles. The van der Waals surface area contributed by atoms with Crippen LogP contribution in [0.1, 0.15) is 20.8 Å². The van der Waals surface area contributed by atoms with E-state index in [4.69, 9.17) is 0 Å². The minimum absolute atomic E-state index is 0.0373. The average Bonchev–Trinajstić information content (AvgIpc) is 2.64. The third kappa shape index (κ3) is 3.03. The molecule has 1 heterocycles. The Kier molecular flexibility index (Phi) is 3.15. The van der Waals surface area contributed by atoms with Crippen LogP contribution >= 0.6 is 11.3 Å². The molecular weight excluding hydrogens is 235 g/mol. The zero-order valence-corrected chi connectivity index (χ0v) is 10.9. The van der Waals surface area contributed by atoms with E-state index < -0.39 is 0 Å². The van der Waals surface area contributed by atoms with Crippen molar-refractivity contribution in [3.63, 3.8) is 0 Å². The Morgan fingerprint density at radius 3 is 2.59 bits per heavy atom. The summed E-state index contributed by atoms with van der Waals surface area (Å²) in [6, 6.07) is 6.69. The molecule has 90 valence electrons. The second-order valence-corrected chi connectivity index (χ2v) is 5.75. The van der Waals surface area contributed by atoms with E-state index in [0.717, 1.165) is 5.13 Å². The monoisotopic (exact) mass is 250 g/mol. The molecule has 0 aliphatic heterocycles. The van der Waals surface area contributed by atoms with Gasteiger partial charge in [0, 0.05) is 16.5 Å². The highest BCUT2D eigenvalue weighted by atomic mass is 32.1. The number of nitrogens with zero attached hydrogens (tertiary/aromatic N) is 1. The Bertz CT molecular complexity index is 514. The minimum atomic E-state index is -0.236. The first-order chi connectivity index (χ1) is 7.96. The van der Waals surface area contributed by atoms with E-state index in [1.165, 1.54) is 17.4 Å². The van der Waals surface area contributed by atoms with Gasteiger partial charge in [0.15, 0.2) is 5.13 Å². The lowest BCUT2D eigenvalue weighted by Gasteiger charge is -2.19. The molecule has 4 heteroatoms. The van der Waals surface area contributed by atoms with Gasteiger partial charge in [-0.3, -0.25) is 0 Å². The molecular formula is C13H15FN2S. The van der Waals surface area contributed by atoms with Crippen LogP contribution < -0.4 is 5.32 Å². The van der Waals surface area contributed by atoms with Crippen LogP contribution in [0.2, 0.25) is 0 Å². The molecule has 17 heavy (non-hydrogen) atoms. The van der Waals surface area contributed by atoms with Crippen LogP contribution in [0.15, 0.2) is 29.6 Å². The molecule has 0 radical (unpaired) electrons. The van der Waals surface area contributed by atoms with Crippen LogP contribution in [0.25, 0.3) is 11.3 Å². The second kappa shape index (κ2) is 4.45. The number of anilines is 1. The van der Waals surface area contributed by atoms with E-state index in [1.54, 1.807) is 12.1 Å². The first-order valence-corrected chi connectivity index (χ1v) is 6.32. The zero-order chi connectivity index (χ0) is 12.5. The van der Waals surface area contributed by atoms with E-state index in [-0.39, 0.29) is 11.4 Å². The van der Waals surface area contributed by atoms with Gasteiger partial charge in [0.25, 0.3) is 0 Å². The van der Waals surface area contributed by atoms with Gasteiger partial charge in [0.05, 0.1) is 5.69 Å². The molecule has 2 rings (SSSR count). The van der Waals surface area contributed by atoms with Crippen molar-refractivity contribution < 1.29 is 4.39 Å². The number of halogens is 1. The molecule has 0 saturated carbocycles. The molecule has 0 atom stereocenters. The van der Waals surface area contributed by atoms with Gasteiger partial charge in [0.1, 0.15) is 5.82 Å². The third-order valence-electron chi connectivity index (χ3n) is 2.14. The Balaban J connectivity index is 2.28. The fourth-order valence-corrected chi connectivity index (χ4v) is 2.36. The van der Waals surface area contributed by atoms with Crippen molar-refractivity contribution in [2.75, 3.05) is 5.32 Å². The van der Waals surface area contributed by atoms with Gasteiger partial charge >= 0.3 is 0 Å². The highest BCUT2D eigenvalue weighted by Gasteiger charge is 2.13. The van der Waals surface area contributed by atoms with Crippen molar-refractivity contribution in [1.29, 1.82) is 0 Å². The highest BCUT2D eigenvalue weighted by Crippen LogP contribution is 2.28. The smallest absolute Gasteiger partial charge is 0.183 e. The number of aromatic nitrogens is 1. The quantitative estimate of drug-likeness (QED) is 0.865. The average molecular weight is 250 g/mol. The third-order valence-corrected chi connectivity index (χ3v) is 2.89. The highest BCUT2D eigenvalue weighted by molar-refractivity contribution is 7.14. The first kappa shape index (κ1) is 12.0. The Morgan fingerprint density at radius 1 is 1.24 bits per heavy atom. The molecule has 0 fully saturated rings. The van der Waals surface area contributed by atoms with Crippen LogP contribution in [-0.4, -0.2) is 10.5 Å². The molecule has 0 aliphatic rings. The maximum absolute atomic E-state index is 13.6. The predicted octanol–water partition coefficient (Wildman–Crippen LogP) is 4.16. The predicted molar refractivity (Wildman–Crippen MR) is 70.9 cm³/mol. The van der Waals surface area contributed by atoms with Crippen molar-refractivity contribution in [3.05, 3.63) is 35.5 Å². The lowest BCUT2D eigenvalue weighted by atomic mass is 10.1. The maximum atomic E-state index is 13.6. The Hall–Kier alpha value is -1.42. The van der Waals surface area contributed by atoms with E-state index in [2.05, 4.69) is 31.1 Å². The van der Waals surface area contributed by atoms with Gasteiger partial charge in [-0.25, -0.2) is 9.37 Å². The summed E-state index contributed by atoms with van der Waals surface area (Å²) in [6.07, 6.45) is 0.